The summed E-state index contributed by atoms with van der Waals surface area (Å²) in [5, 5.41) is 0. The van der Waals surface area contributed by atoms with E-state index in [0.717, 1.165) is 25.4 Å². The van der Waals surface area contributed by atoms with Gasteiger partial charge in [-0.05, 0) is 48.4 Å². The third-order valence-electron chi connectivity index (χ3n) is 4.83. The Morgan fingerprint density at radius 1 is 1.12 bits per heavy atom. The maximum Gasteiger partial charge on any atom is 0.138 e. The molecule has 0 N–H and O–H groups in total. The number of hydrogen-bond acceptors (Lipinski definition) is 3. The first-order valence-corrected chi connectivity index (χ1v) is 8.96. The molecule has 134 valence electrons. The van der Waals surface area contributed by atoms with Crippen LogP contribution in [0.1, 0.15) is 22.9 Å². The zero-order chi connectivity index (χ0) is 17.9. The Morgan fingerprint density at radius 2 is 1.96 bits per heavy atom. The average Bonchev–Trinajstić information content (AvgIpc) is 3.31. The van der Waals surface area contributed by atoms with Crippen molar-refractivity contribution >= 4 is 0 Å². The van der Waals surface area contributed by atoms with Gasteiger partial charge in [-0.15, -0.1) is 0 Å². The van der Waals surface area contributed by atoms with E-state index in [1.54, 1.807) is 7.11 Å². The van der Waals surface area contributed by atoms with Gasteiger partial charge in [-0.25, -0.2) is 0 Å². The molecule has 26 heavy (non-hydrogen) atoms. The van der Waals surface area contributed by atoms with Gasteiger partial charge in [0.2, 0.25) is 0 Å². The predicted octanol–water partition coefficient (Wildman–Crippen LogP) is 4.33. The number of nitrogens with zero attached hydrogens (tertiary/aromatic N) is 2. The summed E-state index contributed by atoms with van der Waals surface area (Å²) in [4.78, 5) is 2.37. The molecule has 0 radical (unpaired) electrons. The molecular weight excluding hydrogens is 324 g/mol. The highest BCUT2D eigenvalue weighted by atomic mass is 16.5. The van der Waals surface area contributed by atoms with Gasteiger partial charge in [0, 0.05) is 36.7 Å². The molecule has 4 heteroatoms. The van der Waals surface area contributed by atoms with Gasteiger partial charge in [-0.1, -0.05) is 24.3 Å². The number of ether oxygens (including phenoxy) is 2. The first kappa shape index (κ1) is 16.9. The fourth-order valence-electron chi connectivity index (χ4n) is 3.45. The lowest BCUT2D eigenvalue weighted by molar-refractivity contribution is 0.0288. The minimum Gasteiger partial charge on any atom is -0.497 e. The summed E-state index contributed by atoms with van der Waals surface area (Å²) in [6, 6.07) is 18.9. The second-order valence-corrected chi connectivity index (χ2v) is 6.73. The van der Waals surface area contributed by atoms with Crippen LogP contribution in [-0.2, 0) is 11.3 Å². The van der Waals surface area contributed by atoms with Crippen LogP contribution < -0.4 is 4.74 Å². The van der Waals surface area contributed by atoms with Crippen LogP contribution in [-0.4, -0.2) is 29.7 Å². The van der Waals surface area contributed by atoms with Crippen molar-refractivity contribution in [3.05, 3.63) is 83.7 Å². The summed E-state index contributed by atoms with van der Waals surface area (Å²) in [7, 11) is 1.69. The van der Waals surface area contributed by atoms with Gasteiger partial charge >= 0.3 is 0 Å². The fourth-order valence-corrected chi connectivity index (χ4v) is 3.45. The average molecular weight is 348 g/mol. The Kier molecular flexibility index (Phi) is 4.78. The third kappa shape index (κ3) is 3.52. The highest BCUT2D eigenvalue weighted by Gasteiger charge is 2.27. The Balaban J connectivity index is 1.51. The first-order chi connectivity index (χ1) is 12.7. The SMILES string of the molecule is COc1ccc(CN2CCOC2c2ccn(-c3cccc(C)c3)c2)cc1. The van der Waals surface area contributed by atoms with Crippen LogP contribution in [0.5, 0.6) is 5.75 Å². The lowest BCUT2D eigenvalue weighted by Crippen LogP contribution is -2.23. The monoisotopic (exact) mass is 348 g/mol. The second kappa shape index (κ2) is 7.36. The van der Waals surface area contributed by atoms with Crippen LogP contribution in [0.3, 0.4) is 0 Å². The molecule has 4 rings (SSSR count). The zero-order valence-corrected chi connectivity index (χ0v) is 15.3. The standard InChI is InChI=1S/C22H24N2O2/c1-17-4-3-5-20(14-17)23-11-10-19(16-23)22-24(12-13-26-22)15-18-6-8-21(25-2)9-7-18/h3-11,14,16,22H,12-13,15H2,1-2H3. The van der Waals surface area contributed by atoms with Crippen molar-refractivity contribution in [2.24, 2.45) is 0 Å². The third-order valence-corrected chi connectivity index (χ3v) is 4.83. The van der Waals surface area contributed by atoms with E-state index in [9.17, 15) is 0 Å². The van der Waals surface area contributed by atoms with Crippen LogP contribution in [0.15, 0.2) is 67.0 Å². The highest BCUT2D eigenvalue weighted by Crippen LogP contribution is 2.29. The summed E-state index contributed by atoms with van der Waals surface area (Å²) in [5.74, 6) is 0.887. The molecule has 0 spiro atoms. The van der Waals surface area contributed by atoms with E-state index in [-0.39, 0.29) is 6.23 Å². The van der Waals surface area contributed by atoms with Crippen LogP contribution in [0.2, 0.25) is 0 Å². The fraction of sp³-hybridized carbons (Fsp3) is 0.273. The lowest BCUT2D eigenvalue weighted by Gasteiger charge is -2.22. The van der Waals surface area contributed by atoms with Crippen molar-refractivity contribution in [1.82, 2.24) is 9.47 Å². The predicted molar refractivity (Wildman–Crippen MR) is 103 cm³/mol. The van der Waals surface area contributed by atoms with Gasteiger partial charge < -0.3 is 14.0 Å². The topological polar surface area (TPSA) is 26.6 Å². The lowest BCUT2D eigenvalue weighted by atomic mass is 10.2. The number of rotatable bonds is 5. The van der Waals surface area contributed by atoms with E-state index in [4.69, 9.17) is 9.47 Å². The summed E-state index contributed by atoms with van der Waals surface area (Å²) >= 11 is 0. The van der Waals surface area contributed by atoms with Crippen molar-refractivity contribution in [3.8, 4) is 11.4 Å². The minimum absolute atomic E-state index is 0.00293. The van der Waals surface area contributed by atoms with Crippen LogP contribution in [0.25, 0.3) is 5.69 Å². The number of aryl methyl sites for hydroxylation is 1. The molecule has 4 nitrogen and oxygen atoms in total. The molecular formula is C22H24N2O2. The molecule has 0 bridgehead atoms. The molecule has 3 aromatic rings. The number of aromatic nitrogens is 1. The molecule has 1 unspecified atom stereocenters. The van der Waals surface area contributed by atoms with Crippen molar-refractivity contribution in [2.45, 2.75) is 19.7 Å². The normalized spacial score (nSPS) is 17.5. The Bertz CT molecular complexity index is 870. The Hall–Kier alpha value is -2.56. The van der Waals surface area contributed by atoms with Gasteiger partial charge in [0.05, 0.1) is 13.7 Å². The van der Waals surface area contributed by atoms with Crippen molar-refractivity contribution in [2.75, 3.05) is 20.3 Å². The molecule has 0 saturated carbocycles. The maximum atomic E-state index is 6.03. The first-order valence-electron chi connectivity index (χ1n) is 8.96. The van der Waals surface area contributed by atoms with E-state index in [1.165, 1.54) is 22.4 Å². The summed E-state index contributed by atoms with van der Waals surface area (Å²) in [6.07, 6.45) is 4.28. The van der Waals surface area contributed by atoms with Crippen molar-refractivity contribution in [3.63, 3.8) is 0 Å². The number of benzene rings is 2. The highest BCUT2D eigenvalue weighted by molar-refractivity contribution is 5.37. The molecule has 2 aromatic carbocycles. The Labute approximate surface area is 154 Å². The maximum absolute atomic E-state index is 6.03. The van der Waals surface area contributed by atoms with Gasteiger partial charge in [-0.3, -0.25) is 4.90 Å². The quantitative estimate of drug-likeness (QED) is 0.687. The smallest absolute Gasteiger partial charge is 0.138 e. The second-order valence-electron chi connectivity index (χ2n) is 6.73. The molecule has 1 fully saturated rings. The number of methoxy groups -OCH3 is 1. The van der Waals surface area contributed by atoms with Crippen LogP contribution in [0, 0.1) is 6.92 Å². The van der Waals surface area contributed by atoms with Gasteiger partial charge in [0.1, 0.15) is 12.0 Å². The molecule has 1 aliphatic heterocycles. The Morgan fingerprint density at radius 3 is 2.73 bits per heavy atom. The van der Waals surface area contributed by atoms with Gasteiger partial charge in [-0.2, -0.15) is 0 Å². The van der Waals surface area contributed by atoms with E-state index in [2.05, 4.69) is 71.2 Å². The van der Waals surface area contributed by atoms with Crippen LogP contribution in [0.4, 0.5) is 0 Å². The molecule has 0 aliphatic carbocycles. The van der Waals surface area contributed by atoms with Gasteiger partial charge in [0.15, 0.2) is 0 Å². The largest absolute Gasteiger partial charge is 0.497 e. The summed E-state index contributed by atoms with van der Waals surface area (Å²) < 4.78 is 13.4. The molecule has 1 aliphatic rings. The number of hydrogen-bond donors (Lipinski definition) is 0. The van der Waals surface area contributed by atoms with Crippen LogP contribution >= 0.6 is 0 Å². The summed E-state index contributed by atoms with van der Waals surface area (Å²) in [5.41, 5.74) is 4.89. The van der Waals surface area contributed by atoms with E-state index in [1.807, 2.05) is 12.1 Å². The van der Waals surface area contributed by atoms with Crippen molar-refractivity contribution in [1.29, 1.82) is 0 Å². The van der Waals surface area contributed by atoms with E-state index in [0.29, 0.717) is 0 Å². The zero-order valence-electron chi connectivity index (χ0n) is 15.3. The van der Waals surface area contributed by atoms with Crippen molar-refractivity contribution < 1.29 is 9.47 Å². The molecule has 1 atom stereocenters. The minimum atomic E-state index is 0.00293. The molecule has 2 heterocycles. The summed E-state index contributed by atoms with van der Waals surface area (Å²) in [6.45, 7) is 4.68. The molecule has 0 amide bonds. The van der Waals surface area contributed by atoms with E-state index < -0.39 is 0 Å². The van der Waals surface area contributed by atoms with E-state index >= 15 is 0 Å². The molecule has 1 saturated heterocycles. The molecule has 1 aromatic heterocycles. The van der Waals surface area contributed by atoms with Gasteiger partial charge in [0.25, 0.3) is 0 Å².